The quantitative estimate of drug-likeness (QED) is 0.109. The van der Waals surface area contributed by atoms with Crippen molar-refractivity contribution < 1.29 is 18.9 Å². The van der Waals surface area contributed by atoms with E-state index in [4.69, 9.17) is 18.9 Å². The smallest absolute Gasteiger partial charge is 0.0775 e. The van der Waals surface area contributed by atoms with Crippen LogP contribution in [0.25, 0.3) is 0 Å². The first-order chi connectivity index (χ1) is 27.2. The summed E-state index contributed by atoms with van der Waals surface area (Å²) in [5.41, 5.74) is 3.97. The molecule has 0 fully saturated rings. The topological polar surface area (TPSA) is 148 Å². The van der Waals surface area contributed by atoms with Gasteiger partial charge in [-0.15, -0.1) is 0 Å². The number of nitrogens with zero attached hydrogens (tertiary/aromatic N) is 8. The van der Waals surface area contributed by atoms with Gasteiger partial charge in [0, 0.05) is 0 Å². The van der Waals surface area contributed by atoms with Gasteiger partial charge in [-0.1, -0.05) is 0 Å². The Kier molecular flexibility index (Phi) is 13.8. The standard InChI is InChI=1S/C40H48N10O4Se2/c1-25(2)37(39-43-45-47-49(39)23-27-9-15-31(51-5)21-35(27)53-7)41-29-11-17-33(18-12-29)55-56-34-19-13-30(14-20-34)42-38(26(3)4)40-44-46-48-50(40)24-28-10-16-32(52-6)22-36(28)54-8/h9-22,25-26,37-38,41-42H,23-24H2,1-8H3. The molecule has 0 aliphatic carbocycles. The molecule has 6 rings (SSSR count). The van der Waals surface area contributed by atoms with E-state index in [1.807, 2.05) is 45.8 Å². The number of nitrogens with one attached hydrogen (secondary N) is 2. The number of aromatic nitrogens is 8. The predicted octanol–water partition coefficient (Wildman–Crippen LogP) is 4.68. The molecule has 0 saturated heterocycles. The van der Waals surface area contributed by atoms with Crippen molar-refractivity contribution >= 4 is 46.6 Å². The third-order valence-electron chi connectivity index (χ3n) is 9.22. The Bertz CT molecular complexity index is 2010. The summed E-state index contributed by atoms with van der Waals surface area (Å²) in [5, 5.41) is 32.9. The van der Waals surface area contributed by atoms with Crippen molar-refractivity contribution in [2.24, 2.45) is 11.8 Å². The summed E-state index contributed by atoms with van der Waals surface area (Å²) in [6.07, 6.45) is 0. The Morgan fingerprint density at radius 2 is 0.929 bits per heavy atom. The van der Waals surface area contributed by atoms with Gasteiger partial charge in [0.2, 0.25) is 0 Å². The fourth-order valence-electron chi connectivity index (χ4n) is 6.11. The average Bonchev–Trinajstić information content (AvgIpc) is 3.88. The van der Waals surface area contributed by atoms with Crippen molar-refractivity contribution in [1.29, 1.82) is 0 Å². The second kappa shape index (κ2) is 19.1. The van der Waals surface area contributed by atoms with E-state index in [0.717, 1.165) is 57.1 Å². The Morgan fingerprint density at radius 1 is 0.536 bits per heavy atom. The predicted molar refractivity (Wildman–Crippen MR) is 219 cm³/mol. The van der Waals surface area contributed by atoms with E-state index in [1.165, 1.54) is 8.92 Å². The molecule has 2 N–H and O–H groups in total. The summed E-state index contributed by atoms with van der Waals surface area (Å²) in [5.74, 6) is 4.91. The van der Waals surface area contributed by atoms with E-state index in [-0.39, 0.29) is 23.9 Å². The molecule has 14 nitrogen and oxygen atoms in total. The number of methoxy groups -OCH3 is 4. The molecule has 2 atom stereocenters. The molecule has 16 heteroatoms. The number of hydrogen-bond acceptors (Lipinski definition) is 12. The normalized spacial score (nSPS) is 12.4. The van der Waals surface area contributed by atoms with Crippen molar-refractivity contribution in [2.45, 2.75) is 52.9 Å². The summed E-state index contributed by atoms with van der Waals surface area (Å²) in [4.78, 5) is 0. The molecular weight excluding hydrogens is 842 g/mol. The summed E-state index contributed by atoms with van der Waals surface area (Å²) in [6, 6.07) is 28.8. The molecule has 2 aromatic heterocycles. The van der Waals surface area contributed by atoms with E-state index >= 15 is 0 Å². The molecule has 0 aliphatic heterocycles. The average molecular weight is 891 g/mol. The minimum absolute atomic E-state index is 0.0955. The Hall–Kier alpha value is -5.14. The SMILES string of the molecule is COc1ccc(Cn2nnnc2C(Nc2ccc([Se][Se]c3ccc(NC(c4nnnn4Cc4ccc(OC)cc4OC)C(C)C)cc3)cc2)C(C)C)c(OC)c1. The van der Waals surface area contributed by atoms with Gasteiger partial charge in [-0.25, -0.2) is 0 Å². The Morgan fingerprint density at radius 3 is 1.27 bits per heavy atom. The third kappa shape index (κ3) is 9.99. The number of ether oxygens (including phenoxy) is 4. The van der Waals surface area contributed by atoms with Gasteiger partial charge >= 0.3 is 291 Å². The second-order valence-electron chi connectivity index (χ2n) is 13.7. The van der Waals surface area contributed by atoms with Gasteiger partial charge < -0.3 is 9.47 Å². The van der Waals surface area contributed by atoms with Crippen LogP contribution in [0.15, 0.2) is 84.9 Å². The molecule has 6 aromatic rings. The fraction of sp³-hybridized carbons (Fsp3) is 0.350. The molecule has 56 heavy (non-hydrogen) atoms. The van der Waals surface area contributed by atoms with Crippen LogP contribution in [0.3, 0.4) is 0 Å². The summed E-state index contributed by atoms with van der Waals surface area (Å²) >= 11 is 0.648. The molecule has 0 bridgehead atoms. The zero-order chi connectivity index (χ0) is 39.6. The molecule has 294 valence electrons. The van der Waals surface area contributed by atoms with Crippen LogP contribution < -0.4 is 38.5 Å². The number of tetrazole rings is 2. The van der Waals surface area contributed by atoms with E-state index in [2.05, 4.69) is 118 Å². The second-order valence-corrected chi connectivity index (χ2v) is 20.0. The molecule has 2 heterocycles. The van der Waals surface area contributed by atoms with Gasteiger partial charge in [0.25, 0.3) is 0 Å². The van der Waals surface area contributed by atoms with Crippen LogP contribution in [0.5, 0.6) is 23.0 Å². The van der Waals surface area contributed by atoms with Crippen LogP contribution in [0.2, 0.25) is 0 Å². The van der Waals surface area contributed by atoms with Gasteiger partial charge in [-0.3, -0.25) is 0 Å². The zero-order valence-electron chi connectivity index (χ0n) is 32.8. The van der Waals surface area contributed by atoms with Gasteiger partial charge in [0.1, 0.15) is 11.5 Å². The molecule has 0 aliphatic rings. The van der Waals surface area contributed by atoms with Crippen LogP contribution in [0.4, 0.5) is 11.4 Å². The van der Waals surface area contributed by atoms with Crippen molar-refractivity contribution in [3.05, 3.63) is 108 Å². The van der Waals surface area contributed by atoms with Crippen LogP contribution in [-0.2, 0) is 13.1 Å². The Labute approximate surface area is 338 Å². The zero-order valence-corrected chi connectivity index (χ0v) is 36.3. The first-order valence-corrected chi connectivity index (χ1v) is 24.3. The maximum atomic E-state index is 5.62. The molecule has 0 radical (unpaired) electrons. The maximum absolute atomic E-state index is 5.62. The van der Waals surface area contributed by atoms with E-state index in [9.17, 15) is 0 Å². The fourth-order valence-corrected chi connectivity index (χ4v) is 12.1. The number of rotatable bonds is 19. The summed E-state index contributed by atoms with van der Waals surface area (Å²) in [6.45, 7) is 9.61. The molecule has 0 amide bonds. The van der Waals surface area contributed by atoms with E-state index < -0.39 is 0 Å². The molecule has 0 spiro atoms. The monoisotopic (exact) mass is 892 g/mol. The first kappa shape index (κ1) is 40.5. The van der Waals surface area contributed by atoms with Crippen LogP contribution in [-0.4, -0.2) is 95.1 Å². The van der Waals surface area contributed by atoms with Crippen LogP contribution >= 0.6 is 0 Å². The summed E-state index contributed by atoms with van der Waals surface area (Å²) in [7, 11) is 6.58. The number of benzene rings is 4. The Balaban J connectivity index is 1.06. The number of hydrogen-bond donors (Lipinski definition) is 2. The van der Waals surface area contributed by atoms with E-state index in [1.54, 1.807) is 28.4 Å². The minimum atomic E-state index is -0.0955. The van der Waals surface area contributed by atoms with E-state index in [0.29, 0.717) is 39.4 Å². The molecule has 4 aromatic carbocycles. The minimum Gasteiger partial charge on any atom is 0.0775 e. The van der Waals surface area contributed by atoms with Crippen molar-refractivity contribution in [3.8, 4) is 23.0 Å². The third-order valence-corrected chi connectivity index (χ3v) is 16.5. The first-order valence-electron chi connectivity index (χ1n) is 18.2. The van der Waals surface area contributed by atoms with Crippen molar-refractivity contribution in [2.75, 3.05) is 39.1 Å². The van der Waals surface area contributed by atoms with Crippen LogP contribution in [0, 0.1) is 11.8 Å². The van der Waals surface area contributed by atoms with Gasteiger partial charge in [-0.05, 0) is 0 Å². The van der Waals surface area contributed by atoms with Gasteiger partial charge in [-0.2, -0.15) is 0 Å². The van der Waals surface area contributed by atoms with Gasteiger partial charge in [0.15, 0.2) is 0 Å². The molecule has 0 saturated carbocycles. The van der Waals surface area contributed by atoms with Gasteiger partial charge in [0.05, 0.1) is 28.4 Å². The summed E-state index contributed by atoms with van der Waals surface area (Å²) < 4.78 is 28.3. The van der Waals surface area contributed by atoms with Crippen LogP contribution in [0.1, 0.15) is 62.6 Å². The molecular formula is C40H48N10O4Se2. The number of anilines is 2. The van der Waals surface area contributed by atoms with Crippen molar-refractivity contribution in [3.63, 3.8) is 0 Å². The van der Waals surface area contributed by atoms with Crippen molar-refractivity contribution in [1.82, 2.24) is 40.4 Å². The molecule has 2 unspecified atom stereocenters.